The number of aliphatic imine (C=N–C) groups is 1. The van der Waals surface area contributed by atoms with Crippen molar-refractivity contribution in [2.45, 2.75) is 9.84 Å². The number of benzene rings is 5. The summed E-state index contributed by atoms with van der Waals surface area (Å²) in [4.78, 5) is 14.7. The molecule has 0 saturated carbocycles. The Morgan fingerprint density at radius 1 is 0.605 bits per heavy atom. The van der Waals surface area contributed by atoms with Crippen molar-refractivity contribution in [3.63, 3.8) is 0 Å². The third kappa shape index (κ3) is 3.24. The van der Waals surface area contributed by atoms with E-state index >= 15 is 0 Å². The van der Waals surface area contributed by atoms with E-state index in [0.29, 0.717) is 5.82 Å². The summed E-state index contributed by atoms with van der Waals surface area (Å²) in [5.41, 5.74) is 4.47. The van der Waals surface area contributed by atoms with Crippen molar-refractivity contribution in [1.29, 1.82) is 0 Å². The third-order valence-corrected chi connectivity index (χ3v) is 8.94. The van der Waals surface area contributed by atoms with E-state index in [-0.39, 0.29) is 9.84 Å². The molecule has 0 bridgehead atoms. The second-order valence-electron chi connectivity index (χ2n) is 9.79. The number of halogens is 1. The van der Waals surface area contributed by atoms with Gasteiger partial charge in [-0.15, -0.1) is 0 Å². The Labute approximate surface area is 232 Å². The number of hydrogen-bond acceptors (Lipinski definition) is 3. The van der Waals surface area contributed by atoms with E-state index in [0.717, 1.165) is 22.6 Å². The molecule has 38 heavy (non-hydrogen) atoms. The van der Waals surface area contributed by atoms with E-state index in [9.17, 15) is 0 Å². The van der Waals surface area contributed by atoms with E-state index in [1.807, 2.05) is 0 Å². The average Bonchev–Trinajstić information content (AvgIpc) is 3.28. The third-order valence-electron chi connectivity index (χ3n) is 7.66. The number of hydrogen-bond donors (Lipinski definition) is 0. The Morgan fingerprint density at radius 3 is 2.13 bits per heavy atom. The van der Waals surface area contributed by atoms with Crippen LogP contribution in [0.1, 0.15) is 17.2 Å². The monoisotopic (exact) mass is 600 g/mol. The van der Waals surface area contributed by atoms with Crippen LogP contribution in [0, 0.1) is 0 Å². The number of alkyl halides is 1. The average molecular weight is 600 g/mol. The lowest BCUT2D eigenvalue weighted by Gasteiger charge is -2.30. The summed E-state index contributed by atoms with van der Waals surface area (Å²) in [7, 11) is 0. The smallest absolute Gasteiger partial charge is 0.176 e. The first-order valence-corrected chi connectivity index (χ1v) is 14.0. The van der Waals surface area contributed by atoms with Gasteiger partial charge in [-0.1, -0.05) is 108 Å². The highest BCUT2D eigenvalue weighted by atomic mass is 127. The van der Waals surface area contributed by atoms with Gasteiger partial charge in [-0.3, -0.25) is 9.55 Å². The normalized spacial score (nSPS) is 17.2. The highest BCUT2D eigenvalue weighted by Crippen LogP contribution is 2.43. The van der Waals surface area contributed by atoms with Gasteiger partial charge in [-0.2, -0.15) is 0 Å². The predicted octanol–water partition coefficient (Wildman–Crippen LogP) is 8.42. The zero-order valence-electron chi connectivity index (χ0n) is 20.3. The summed E-state index contributed by atoms with van der Waals surface area (Å²) in [6.45, 7) is 0. The maximum absolute atomic E-state index is 5.19. The molecule has 2 aromatic heterocycles. The fourth-order valence-electron chi connectivity index (χ4n) is 5.91. The molecule has 0 fully saturated rings. The first kappa shape index (κ1) is 21.9. The minimum atomic E-state index is 0.0214. The molecular formula is C33H21IN4. The number of rotatable bonds is 1. The predicted molar refractivity (Wildman–Crippen MR) is 165 cm³/mol. The topological polar surface area (TPSA) is 43.1 Å². The SMILES string of the molecule is I[C@@H]1C(n2c3ccccc3c3cc4ccccc4cc32)=Nc2nccnc2[C@@H]1c1ccc2ccccc2c1. The molecule has 1 aliphatic rings. The van der Waals surface area contributed by atoms with Gasteiger partial charge >= 0.3 is 0 Å². The summed E-state index contributed by atoms with van der Waals surface area (Å²) in [5, 5.41) is 7.39. The summed E-state index contributed by atoms with van der Waals surface area (Å²) < 4.78 is 2.39. The van der Waals surface area contributed by atoms with Crippen molar-refractivity contribution >= 4 is 77.6 Å². The van der Waals surface area contributed by atoms with Crippen molar-refractivity contribution in [3.05, 3.63) is 127 Å². The lowest BCUT2D eigenvalue weighted by Crippen LogP contribution is -2.32. The minimum Gasteiger partial charge on any atom is -0.296 e. The van der Waals surface area contributed by atoms with E-state index in [1.165, 1.54) is 37.9 Å². The van der Waals surface area contributed by atoms with Gasteiger partial charge in [0.15, 0.2) is 5.82 Å². The molecule has 2 atom stereocenters. The molecule has 4 nitrogen and oxygen atoms in total. The zero-order valence-corrected chi connectivity index (χ0v) is 22.4. The van der Waals surface area contributed by atoms with Crippen molar-refractivity contribution in [1.82, 2.24) is 14.5 Å². The van der Waals surface area contributed by atoms with Gasteiger partial charge in [0.1, 0.15) is 5.84 Å². The van der Waals surface area contributed by atoms with E-state index in [2.05, 4.69) is 130 Å². The molecule has 0 aliphatic carbocycles. The first-order valence-electron chi connectivity index (χ1n) is 12.7. The van der Waals surface area contributed by atoms with Crippen LogP contribution in [0.25, 0.3) is 43.4 Å². The lowest BCUT2D eigenvalue weighted by atomic mass is 9.88. The second-order valence-corrected chi connectivity index (χ2v) is 11.1. The molecule has 5 aromatic carbocycles. The Balaban J connectivity index is 1.41. The van der Waals surface area contributed by atoms with Crippen LogP contribution in [0.15, 0.2) is 121 Å². The molecule has 1 aliphatic heterocycles. The molecule has 0 amide bonds. The van der Waals surface area contributed by atoms with Gasteiger partial charge in [-0.25, -0.2) is 9.98 Å². The molecule has 5 heteroatoms. The molecule has 0 N–H and O–H groups in total. The molecule has 3 heterocycles. The molecule has 7 aromatic rings. The highest BCUT2D eigenvalue weighted by molar-refractivity contribution is 14.1. The van der Waals surface area contributed by atoms with Crippen molar-refractivity contribution in [2.75, 3.05) is 0 Å². The fraction of sp³-hybridized carbons (Fsp3) is 0.0606. The minimum absolute atomic E-state index is 0.0214. The molecule has 0 unspecified atom stereocenters. The van der Waals surface area contributed by atoms with E-state index in [4.69, 9.17) is 15.0 Å². The molecule has 0 radical (unpaired) electrons. The van der Waals surface area contributed by atoms with Crippen LogP contribution in [-0.2, 0) is 0 Å². The molecular weight excluding hydrogens is 579 g/mol. The van der Waals surface area contributed by atoms with E-state index in [1.54, 1.807) is 12.4 Å². The van der Waals surface area contributed by atoms with Gasteiger partial charge < -0.3 is 0 Å². The molecule has 0 spiro atoms. The maximum atomic E-state index is 5.19. The van der Waals surface area contributed by atoms with Crippen molar-refractivity contribution in [3.8, 4) is 0 Å². The standard InChI is InChI=1S/C33H21IN4/c34-30-29(24-14-13-20-7-1-2-8-21(20)17-24)31-32(36-16-15-35-31)37-33(30)38-27-12-6-5-11-25(27)26-18-22-9-3-4-10-23(22)19-28(26)38/h1-19,29-30H/t29-,30+/m1/s1. The summed E-state index contributed by atoms with van der Waals surface area (Å²) in [6, 6.07) is 37.1. The molecule has 8 rings (SSSR count). The summed E-state index contributed by atoms with van der Waals surface area (Å²) in [5.74, 6) is 1.70. The summed E-state index contributed by atoms with van der Waals surface area (Å²) >= 11 is 2.57. The van der Waals surface area contributed by atoms with Gasteiger partial charge in [0.2, 0.25) is 0 Å². The van der Waals surface area contributed by atoms with Crippen LogP contribution >= 0.6 is 22.6 Å². The Bertz CT molecular complexity index is 2070. The molecule has 0 saturated heterocycles. The van der Waals surface area contributed by atoms with Gasteiger partial charge in [0.25, 0.3) is 0 Å². The Kier molecular flexibility index (Phi) is 4.88. The van der Waals surface area contributed by atoms with Gasteiger partial charge in [0, 0.05) is 29.1 Å². The van der Waals surface area contributed by atoms with Crippen LogP contribution < -0.4 is 0 Å². The van der Waals surface area contributed by atoms with Crippen molar-refractivity contribution < 1.29 is 0 Å². The first-order chi connectivity index (χ1) is 18.8. The maximum Gasteiger partial charge on any atom is 0.176 e. The quantitative estimate of drug-likeness (QED) is 0.140. The van der Waals surface area contributed by atoms with Gasteiger partial charge in [-0.05, 0) is 45.3 Å². The molecule has 180 valence electrons. The highest BCUT2D eigenvalue weighted by Gasteiger charge is 2.36. The Morgan fingerprint density at radius 2 is 1.29 bits per heavy atom. The van der Waals surface area contributed by atoms with Gasteiger partial charge in [0.05, 0.1) is 20.7 Å². The van der Waals surface area contributed by atoms with E-state index < -0.39 is 0 Å². The number of aromatic nitrogens is 3. The van der Waals surface area contributed by atoms with Crippen LogP contribution in [0.5, 0.6) is 0 Å². The summed E-state index contributed by atoms with van der Waals surface area (Å²) in [6.07, 6.45) is 3.52. The van der Waals surface area contributed by atoms with Crippen LogP contribution in [0.2, 0.25) is 0 Å². The number of para-hydroxylation sites is 1. The number of nitrogens with zero attached hydrogens (tertiary/aromatic N) is 4. The van der Waals surface area contributed by atoms with Crippen LogP contribution in [0.4, 0.5) is 5.82 Å². The zero-order chi connectivity index (χ0) is 25.2. The van der Waals surface area contributed by atoms with Crippen LogP contribution in [0.3, 0.4) is 0 Å². The largest absolute Gasteiger partial charge is 0.296 e. The lowest BCUT2D eigenvalue weighted by molar-refractivity contribution is 0.804. The fourth-order valence-corrected chi connectivity index (χ4v) is 7.08. The van der Waals surface area contributed by atoms with Crippen LogP contribution in [-0.4, -0.2) is 24.3 Å². The second kappa shape index (κ2) is 8.46. The number of fused-ring (bicyclic) bond motifs is 6. The Hall–Kier alpha value is -4.10. The van der Waals surface area contributed by atoms with Crippen molar-refractivity contribution in [2.24, 2.45) is 4.99 Å².